The molecule has 7 nitrogen and oxygen atoms in total. The van der Waals surface area contributed by atoms with E-state index in [0.717, 1.165) is 16.8 Å². The Kier molecular flexibility index (Phi) is 4.19. The SMILES string of the molecule is CC(C)(C)c1cc(N/C=C/c2nnnn2-c2ccc3ccccc3c2)no1. The molecule has 2 aromatic heterocycles. The molecule has 0 fully saturated rings. The molecule has 0 spiro atoms. The van der Waals surface area contributed by atoms with Gasteiger partial charge >= 0.3 is 0 Å². The molecule has 0 saturated carbocycles. The molecular weight excluding hydrogens is 340 g/mol. The van der Waals surface area contributed by atoms with Gasteiger partial charge in [0.2, 0.25) is 0 Å². The number of nitrogens with zero attached hydrogens (tertiary/aromatic N) is 5. The van der Waals surface area contributed by atoms with Gasteiger partial charge < -0.3 is 9.84 Å². The number of fused-ring (bicyclic) bond motifs is 1. The van der Waals surface area contributed by atoms with Gasteiger partial charge in [-0.3, -0.25) is 0 Å². The second-order valence-electron chi connectivity index (χ2n) is 7.28. The van der Waals surface area contributed by atoms with Crippen molar-refractivity contribution >= 4 is 22.7 Å². The van der Waals surface area contributed by atoms with E-state index in [0.29, 0.717) is 11.6 Å². The van der Waals surface area contributed by atoms with E-state index in [1.165, 1.54) is 5.39 Å². The Balaban J connectivity index is 1.54. The molecule has 0 aliphatic heterocycles. The molecule has 136 valence electrons. The molecule has 4 rings (SSSR count). The van der Waals surface area contributed by atoms with E-state index in [4.69, 9.17) is 4.52 Å². The Labute approximate surface area is 156 Å². The zero-order chi connectivity index (χ0) is 18.9. The van der Waals surface area contributed by atoms with Crippen molar-refractivity contribution in [3.8, 4) is 5.69 Å². The van der Waals surface area contributed by atoms with E-state index >= 15 is 0 Å². The third kappa shape index (κ3) is 3.57. The van der Waals surface area contributed by atoms with E-state index in [1.54, 1.807) is 17.0 Å². The normalized spacial score (nSPS) is 12.1. The van der Waals surface area contributed by atoms with Gasteiger partial charge in [-0.05, 0) is 33.3 Å². The number of rotatable bonds is 4. The number of aromatic nitrogens is 5. The Bertz CT molecular complexity index is 1100. The van der Waals surface area contributed by atoms with Crippen molar-refractivity contribution in [2.45, 2.75) is 26.2 Å². The lowest BCUT2D eigenvalue weighted by molar-refractivity contribution is 0.331. The maximum absolute atomic E-state index is 5.36. The maximum Gasteiger partial charge on any atom is 0.181 e. The van der Waals surface area contributed by atoms with Gasteiger partial charge in [0.05, 0.1) is 5.69 Å². The number of anilines is 1. The van der Waals surface area contributed by atoms with E-state index in [9.17, 15) is 0 Å². The number of hydrogen-bond donors (Lipinski definition) is 1. The van der Waals surface area contributed by atoms with Crippen molar-refractivity contribution in [2.24, 2.45) is 0 Å². The molecule has 4 aromatic rings. The van der Waals surface area contributed by atoms with Crippen LogP contribution in [0.15, 0.2) is 59.3 Å². The van der Waals surface area contributed by atoms with Crippen LogP contribution in [0.5, 0.6) is 0 Å². The predicted molar refractivity (Wildman–Crippen MR) is 105 cm³/mol. The van der Waals surface area contributed by atoms with Gasteiger partial charge in [-0.25, -0.2) is 0 Å². The van der Waals surface area contributed by atoms with Crippen molar-refractivity contribution in [3.05, 3.63) is 66.3 Å². The third-order valence-electron chi connectivity index (χ3n) is 4.18. The summed E-state index contributed by atoms with van der Waals surface area (Å²) in [6, 6.07) is 16.2. The van der Waals surface area contributed by atoms with E-state index in [1.807, 2.05) is 24.3 Å². The molecule has 0 unspecified atom stereocenters. The molecule has 7 heteroatoms. The van der Waals surface area contributed by atoms with Crippen LogP contribution in [0.25, 0.3) is 22.5 Å². The summed E-state index contributed by atoms with van der Waals surface area (Å²) < 4.78 is 7.05. The smallest absolute Gasteiger partial charge is 0.181 e. The highest BCUT2D eigenvalue weighted by atomic mass is 16.5. The highest BCUT2D eigenvalue weighted by molar-refractivity contribution is 5.84. The Morgan fingerprint density at radius 2 is 1.85 bits per heavy atom. The fourth-order valence-corrected chi connectivity index (χ4v) is 2.69. The first-order valence-electron chi connectivity index (χ1n) is 8.68. The molecule has 0 radical (unpaired) electrons. The first-order chi connectivity index (χ1) is 13.0. The highest BCUT2D eigenvalue weighted by Gasteiger charge is 2.19. The summed E-state index contributed by atoms with van der Waals surface area (Å²) in [5.74, 6) is 2.07. The van der Waals surface area contributed by atoms with Crippen molar-refractivity contribution in [2.75, 3.05) is 5.32 Å². The predicted octanol–water partition coefficient (Wildman–Crippen LogP) is 4.18. The molecule has 2 heterocycles. The molecule has 2 aromatic carbocycles. The van der Waals surface area contributed by atoms with E-state index in [-0.39, 0.29) is 5.41 Å². The van der Waals surface area contributed by atoms with Gasteiger partial charge in [0.1, 0.15) is 5.76 Å². The van der Waals surface area contributed by atoms with Crippen LogP contribution in [0.4, 0.5) is 5.82 Å². The molecule has 0 bridgehead atoms. The molecule has 0 saturated heterocycles. The van der Waals surface area contributed by atoms with Gasteiger partial charge in [0.25, 0.3) is 0 Å². The fraction of sp³-hybridized carbons (Fsp3) is 0.200. The summed E-state index contributed by atoms with van der Waals surface area (Å²) in [5.41, 5.74) is 0.811. The van der Waals surface area contributed by atoms with Crippen LogP contribution < -0.4 is 5.32 Å². The zero-order valence-corrected chi connectivity index (χ0v) is 15.4. The second-order valence-corrected chi connectivity index (χ2v) is 7.28. The molecule has 27 heavy (non-hydrogen) atoms. The second kappa shape index (κ2) is 6.68. The molecule has 0 aliphatic rings. The average Bonchev–Trinajstić information content (AvgIpc) is 3.31. The lowest BCUT2D eigenvalue weighted by Gasteiger charge is -2.11. The summed E-state index contributed by atoms with van der Waals surface area (Å²) in [7, 11) is 0. The van der Waals surface area contributed by atoms with Crippen LogP contribution in [0.3, 0.4) is 0 Å². The average molecular weight is 360 g/mol. The first kappa shape index (κ1) is 17.0. The Morgan fingerprint density at radius 1 is 1.04 bits per heavy atom. The van der Waals surface area contributed by atoms with Gasteiger partial charge in [-0.15, -0.1) is 5.10 Å². The lowest BCUT2D eigenvalue weighted by Crippen LogP contribution is -2.09. The molecule has 1 N–H and O–H groups in total. The maximum atomic E-state index is 5.36. The monoisotopic (exact) mass is 360 g/mol. The number of hydrogen-bond acceptors (Lipinski definition) is 6. The number of benzene rings is 2. The van der Waals surface area contributed by atoms with E-state index < -0.39 is 0 Å². The van der Waals surface area contributed by atoms with Crippen LogP contribution in [0.2, 0.25) is 0 Å². The van der Waals surface area contributed by atoms with Crippen molar-refractivity contribution in [1.82, 2.24) is 25.4 Å². The van der Waals surface area contributed by atoms with Crippen molar-refractivity contribution in [3.63, 3.8) is 0 Å². The standard InChI is InChI=1S/C20H20N6O/c1-20(2,3)17-13-18(23-27-17)21-11-10-19-22-24-25-26(19)16-9-8-14-6-4-5-7-15(14)12-16/h4-13H,1-3H3,(H,21,23)/b11-10+. The van der Waals surface area contributed by atoms with Crippen LogP contribution in [0.1, 0.15) is 32.4 Å². The van der Waals surface area contributed by atoms with Gasteiger partial charge in [-0.1, -0.05) is 56.3 Å². The highest BCUT2D eigenvalue weighted by Crippen LogP contribution is 2.24. The summed E-state index contributed by atoms with van der Waals surface area (Å²) in [6.45, 7) is 6.22. The topological polar surface area (TPSA) is 81.7 Å². The quantitative estimate of drug-likeness (QED) is 0.588. The van der Waals surface area contributed by atoms with Gasteiger partial charge in [-0.2, -0.15) is 4.68 Å². The summed E-state index contributed by atoms with van der Waals surface area (Å²) in [4.78, 5) is 0. The Morgan fingerprint density at radius 3 is 2.63 bits per heavy atom. The number of nitrogens with one attached hydrogen (secondary N) is 1. The minimum absolute atomic E-state index is 0.0865. The summed E-state index contributed by atoms with van der Waals surface area (Å²) >= 11 is 0. The molecular formula is C20H20N6O. The third-order valence-corrected chi connectivity index (χ3v) is 4.18. The van der Waals surface area contributed by atoms with Gasteiger partial charge in [0.15, 0.2) is 11.6 Å². The number of tetrazole rings is 1. The molecule has 0 aliphatic carbocycles. The van der Waals surface area contributed by atoms with Crippen LogP contribution in [0, 0.1) is 0 Å². The van der Waals surface area contributed by atoms with E-state index in [2.05, 4.69) is 71.0 Å². The van der Waals surface area contributed by atoms with Crippen molar-refractivity contribution < 1.29 is 4.52 Å². The Hall–Kier alpha value is -3.48. The van der Waals surface area contributed by atoms with Crippen LogP contribution >= 0.6 is 0 Å². The first-order valence-corrected chi connectivity index (χ1v) is 8.68. The minimum Gasteiger partial charge on any atom is -0.359 e. The minimum atomic E-state index is -0.0865. The van der Waals surface area contributed by atoms with Crippen molar-refractivity contribution in [1.29, 1.82) is 0 Å². The molecule has 0 amide bonds. The molecule has 0 atom stereocenters. The largest absolute Gasteiger partial charge is 0.359 e. The van der Waals surface area contributed by atoms with Crippen LogP contribution in [-0.4, -0.2) is 25.4 Å². The van der Waals surface area contributed by atoms with Crippen LogP contribution in [-0.2, 0) is 5.41 Å². The summed E-state index contributed by atoms with van der Waals surface area (Å²) in [6.07, 6.45) is 3.54. The summed E-state index contributed by atoms with van der Waals surface area (Å²) in [5, 5.41) is 21.4. The lowest BCUT2D eigenvalue weighted by atomic mass is 9.93. The fourth-order valence-electron chi connectivity index (χ4n) is 2.69. The zero-order valence-electron chi connectivity index (χ0n) is 15.4. The van der Waals surface area contributed by atoms with Gasteiger partial charge in [0, 0.05) is 23.8 Å².